The largest absolute Gasteiger partial charge is 0.508 e. The molecular formula is C20H20O9. The standard InChI is InChI=1S/C20H20O9/c21-12-5-3-10(4-6-12)1-2-11-7-13(22)9-14(8-11)28-20-17(25)15(23)16(24)18(29-20)19(26)27/h1-9,15-18,20-25H,(H,26,27)/b2-1+. The first-order valence-electron chi connectivity index (χ1n) is 8.65. The number of ether oxygens (including phenoxy) is 2. The third-order valence-corrected chi connectivity index (χ3v) is 4.34. The summed E-state index contributed by atoms with van der Waals surface area (Å²) in [4.78, 5) is 11.2. The second-order valence-electron chi connectivity index (χ2n) is 6.54. The monoisotopic (exact) mass is 404 g/mol. The number of aliphatic carboxylic acids is 1. The van der Waals surface area contributed by atoms with Crippen LogP contribution in [-0.4, -0.2) is 67.3 Å². The lowest BCUT2D eigenvalue weighted by molar-refractivity contribution is -0.271. The minimum absolute atomic E-state index is 0.0483. The van der Waals surface area contributed by atoms with E-state index in [1.54, 1.807) is 24.3 Å². The lowest BCUT2D eigenvalue weighted by Crippen LogP contribution is -2.61. The van der Waals surface area contributed by atoms with E-state index in [0.29, 0.717) is 5.56 Å². The van der Waals surface area contributed by atoms with Crippen molar-refractivity contribution in [1.29, 1.82) is 0 Å². The molecule has 0 bridgehead atoms. The van der Waals surface area contributed by atoms with Crippen LogP contribution in [0.4, 0.5) is 0 Å². The van der Waals surface area contributed by atoms with Gasteiger partial charge in [0.05, 0.1) is 0 Å². The van der Waals surface area contributed by atoms with Crippen molar-refractivity contribution in [3.8, 4) is 17.2 Å². The van der Waals surface area contributed by atoms with Gasteiger partial charge in [-0.1, -0.05) is 24.3 Å². The van der Waals surface area contributed by atoms with Crippen molar-refractivity contribution in [2.24, 2.45) is 0 Å². The number of carboxylic acid groups (broad SMARTS) is 1. The van der Waals surface area contributed by atoms with Crippen LogP contribution in [0.25, 0.3) is 12.2 Å². The summed E-state index contributed by atoms with van der Waals surface area (Å²) in [5.41, 5.74) is 1.31. The van der Waals surface area contributed by atoms with Gasteiger partial charge in [0.15, 0.2) is 6.10 Å². The number of carboxylic acids is 1. The van der Waals surface area contributed by atoms with Crippen molar-refractivity contribution in [3.05, 3.63) is 53.6 Å². The first-order valence-corrected chi connectivity index (χ1v) is 8.65. The summed E-state index contributed by atoms with van der Waals surface area (Å²) < 4.78 is 10.5. The molecule has 154 valence electrons. The zero-order chi connectivity index (χ0) is 21.1. The maximum absolute atomic E-state index is 11.2. The van der Waals surface area contributed by atoms with Crippen molar-refractivity contribution in [3.63, 3.8) is 0 Å². The number of aliphatic hydroxyl groups excluding tert-OH is 3. The van der Waals surface area contributed by atoms with E-state index in [1.807, 2.05) is 0 Å². The van der Waals surface area contributed by atoms with Gasteiger partial charge in [0.1, 0.15) is 35.6 Å². The summed E-state index contributed by atoms with van der Waals surface area (Å²) in [6, 6.07) is 10.6. The molecular weight excluding hydrogens is 384 g/mol. The molecule has 2 aromatic carbocycles. The van der Waals surface area contributed by atoms with E-state index >= 15 is 0 Å². The number of phenols is 2. The maximum Gasteiger partial charge on any atom is 0.335 e. The highest BCUT2D eigenvalue weighted by Crippen LogP contribution is 2.28. The molecule has 9 heteroatoms. The number of hydrogen-bond acceptors (Lipinski definition) is 8. The fraction of sp³-hybridized carbons (Fsp3) is 0.250. The summed E-state index contributed by atoms with van der Waals surface area (Å²) in [6.07, 6.45) is -5.30. The minimum atomic E-state index is -1.82. The van der Waals surface area contributed by atoms with Gasteiger partial charge < -0.3 is 40.1 Å². The van der Waals surface area contributed by atoms with E-state index in [-0.39, 0.29) is 17.2 Å². The van der Waals surface area contributed by atoms with Crippen LogP contribution in [0.2, 0.25) is 0 Å². The van der Waals surface area contributed by atoms with Gasteiger partial charge in [-0.05, 0) is 35.4 Å². The second-order valence-corrected chi connectivity index (χ2v) is 6.54. The molecule has 1 aliphatic rings. The normalized spacial score (nSPS) is 27.1. The van der Waals surface area contributed by atoms with E-state index in [0.717, 1.165) is 5.56 Å². The lowest BCUT2D eigenvalue weighted by Gasteiger charge is -2.38. The molecule has 0 aliphatic carbocycles. The van der Waals surface area contributed by atoms with Gasteiger partial charge in [-0.2, -0.15) is 0 Å². The SMILES string of the molecule is O=C(O)C1OC(Oc2cc(O)cc(/C=C/c3ccc(O)cc3)c2)C(O)C(O)C1O. The minimum Gasteiger partial charge on any atom is -0.508 e. The molecule has 0 spiro atoms. The van der Waals surface area contributed by atoms with Crippen molar-refractivity contribution in [1.82, 2.24) is 0 Å². The summed E-state index contributed by atoms with van der Waals surface area (Å²) in [5.74, 6) is -1.50. The molecule has 5 atom stereocenters. The number of phenolic OH excluding ortho intramolecular Hbond substituents is 2. The van der Waals surface area contributed by atoms with E-state index in [4.69, 9.17) is 14.6 Å². The Kier molecular flexibility index (Phi) is 6.04. The molecule has 6 N–H and O–H groups in total. The van der Waals surface area contributed by atoms with Crippen LogP contribution < -0.4 is 4.74 Å². The Hall–Kier alpha value is -3.11. The molecule has 2 aromatic rings. The van der Waals surface area contributed by atoms with Crippen LogP contribution in [0, 0.1) is 0 Å². The van der Waals surface area contributed by atoms with E-state index in [2.05, 4.69) is 0 Å². The van der Waals surface area contributed by atoms with Crippen LogP contribution in [-0.2, 0) is 9.53 Å². The molecule has 1 heterocycles. The van der Waals surface area contributed by atoms with Gasteiger partial charge >= 0.3 is 5.97 Å². The predicted molar refractivity (Wildman–Crippen MR) is 100 cm³/mol. The number of hydrogen-bond donors (Lipinski definition) is 6. The van der Waals surface area contributed by atoms with E-state index in [1.165, 1.54) is 30.3 Å². The summed E-state index contributed by atoms with van der Waals surface area (Å²) in [5, 5.41) is 57.9. The molecule has 0 amide bonds. The third-order valence-electron chi connectivity index (χ3n) is 4.34. The topological polar surface area (TPSA) is 157 Å². The van der Waals surface area contributed by atoms with Gasteiger partial charge in [-0.3, -0.25) is 0 Å². The van der Waals surface area contributed by atoms with Crippen LogP contribution in [0.1, 0.15) is 11.1 Å². The van der Waals surface area contributed by atoms with E-state index in [9.17, 15) is 30.3 Å². The fourth-order valence-corrected chi connectivity index (χ4v) is 2.83. The average molecular weight is 404 g/mol. The van der Waals surface area contributed by atoms with Crippen LogP contribution in [0.15, 0.2) is 42.5 Å². The van der Waals surface area contributed by atoms with Gasteiger partial charge in [0.25, 0.3) is 0 Å². The van der Waals surface area contributed by atoms with Crippen molar-refractivity contribution < 1.29 is 44.9 Å². The fourth-order valence-electron chi connectivity index (χ4n) is 2.83. The summed E-state index contributed by atoms with van der Waals surface area (Å²) in [6.45, 7) is 0. The molecule has 29 heavy (non-hydrogen) atoms. The molecule has 0 aromatic heterocycles. The van der Waals surface area contributed by atoms with Crippen LogP contribution in [0.3, 0.4) is 0 Å². The second kappa shape index (κ2) is 8.50. The Morgan fingerprint density at radius 1 is 0.862 bits per heavy atom. The maximum atomic E-state index is 11.2. The Morgan fingerprint density at radius 3 is 2.17 bits per heavy atom. The smallest absolute Gasteiger partial charge is 0.335 e. The Bertz CT molecular complexity index is 893. The van der Waals surface area contributed by atoms with E-state index < -0.39 is 36.7 Å². The highest BCUT2D eigenvalue weighted by molar-refractivity contribution is 5.73. The van der Waals surface area contributed by atoms with Crippen LogP contribution >= 0.6 is 0 Å². The highest BCUT2D eigenvalue weighted by Gasteiger charge is 2.48. The summed E-state index contributed by atoms with van der Waals surface area (Å²) in [7, 11) is 0. The number of carbonyl (C=O) groups is 1. The molecule has 1 aliphatic heterocycles. The van der Waals surface area contributed by atoms with Crippen molar-refractivity contribution in [2.45, 2.75) is 30.7 Å². The van der Waals surface area contributed by atoms with Gasteiger partial charge in [-0.25, -0.2) is 4.79 Å². The molecule has 1 fully saturated rings. The van der Waals surface area contributed by atoms with Crippen LogP contribution in [0.5, 0.6) is 17.2 Å². The first kappa shape index (κ1) is 20.6. The van der Waals surface area contributed by atoms with Gasteiger partial charge in [-0.15, -0.1) is 0 Å². The highest BCUT2D eigenvalue weighted by atomic mass is 16.7. The lowest BCUT2D eigenvalue weighted by atomic mass is 9.99. The molecule has 3 rings (SSSR count). The summed E-state index contributed by atoms with van der Waals surface area (Å²) >= 11 is 0. The average Bonchev–Trinajstić information content (AvgIpc) is 2.67. The number of aromatic hydroxyl groups is 2. The zero-order valence-electron chi connectivity index (χ0n) is 15.0. The van der Waals surface area contributed by atoms with Crippen molar-refractivity contribution >= 4 is 18.1 Å². The molecule has 9 nitrogen and oxygen atoms in total. The molecule has 1 saturated heterocycles. The Balaban J connectivity index is 1.78. The molecule has 0 radical (unpaired) electrons. The number of rotatable bonds is 5. The van der Waals surface area contributed by atoms with Gasteiger partial charge in [0.2, 0.25) is 6.29 Å². The predicted octanol–water partition coefficient (Wildman–Crippen LogP) is 0.539. The van der Waals surface area contributed by atoms with Gasteiger partial charge in [0, 0.05) is 6.07 Å². The third kappa shape index (κ3) is 4.84. The molecule has 5 unspecified atom stereocenters. The molecule has 0 saturated carbocycles. The number of benzene rings is 2. The zero-order valence-corrected chi connectivity index (χ0v) is 15.0. The Morgan fingerprint density at radius 2 is 1.52 bits per heavy atom. The number of aliphatic hydroxyl groups is 3. The Labute approximate surface area is 165 Å². The quantitative estimate of drug-likeness (QED) is 0.391. The first-order chi connectivity index (χ1) is 13.7. The van der Waals surface area contributed by atoms with Crippen molar-refractivity contribution in [2.75, 3.05) is 0 Å².